The van der Waals surface area contributed by atoms with E-state index in [-0.39, 0.29) is 6.42 Å². The fraction of sp³-hybridized carbons (Fsp3) is 0.556. The van der Waals surface area contributed by atoms with E-state index in [1.54, 1.807) is 0 Å². The van der Waals surface area contributed by atoms with Gasteiger partial charge in [-0.25, -0.2) is 9.59 Å². The smallest absolute Gasteiger partial charge is 0.406 e. The zero-order chi connectivity index (χ0) is 19.6. The van der Waals surface area contributed by atoms with Crippen LogP contribution < -0.4 is 22.9 Å². The van der Waals surface area contributed by atoms with Crippen LogP contribution in [-0.4, -0.2) is 59.2 Å². The van der Waals surface area contributed by atoms with Gasteiger partial charge in [-0.2, -0.15) is 9.98 Å². The highest BCUT2D eigenvalue weighted by molar-refractivity contribution is 5.82. The lowest BCUT2D eigenvalue weighted by Crippen LogP contribution is -2.35. The van der Waals surface area contributed by atoms with Crippen molar-refractivity contribution in [3.05, 3.63) is 20.2 Å². The van der Waals surface area contributed by atoms with Crippen LogP contribution in [0.5, 0.6) is 0 Å². The molecule has 2 unspecified atom stereocenters. The molecule has 0 heterocycles. The van der Waals surface area contributed by atoms with Crippen molar-refractivity contribution in [2.24, 2.45) is 32.9 Å². The minimum Gasteiger partial charge on any atom is -0.459 e. The van der Waals surface area contributed by atoms with Gasteiger partial charge in [-0.05, 0) is 0 Å². The molecule has 0 saturated heterocycles. The molecular weight excluding hydrogens is 348 g/mol. The molecular formula is C9H16N8O8. The number of carbonyl (C=O) groups is 2. The Kier molecular flexibility index (Phi) is 8.62. The molecule has 0 bridgehead atoms. The Balaban J connectivity index is 4.37. The van der Waals surface area contributed by atoms with Crippen LogP contribution in [0.2, 0.25) is 0 Å². The number of nitro groups is 2. The number of carbonyl (C=O) groups excluding carboxylic acids is 2. The van der Waals surface area contributed by atoms with E-state index < -0.39 is 59.2 Å². The van der Waals surface area contributed by atoms with Gasteiger partial charge < -0.3 is 32.4 Å². The summed E-state index contributed by atoms with van der Waals surface area (Å²) in [6.07, 6.45) is -4.38. The van der Waals surface area contributed by atoms with E-state index in [2.05, 4.69) is 19.5 Å². The van der Waals surface area contributed by atoms with E-state index in [0.717, 1.165) is 0 Å². The van der Waals surface area contributed by atoms with Gasteiger partial charge in [-0.3, -0.25) is 20.2 Å². The number of esters is 2. The molecule has 16 heteroatoms. The first-order valence-electron chi connectivity index (χ1n) is 6.34. The zero-order valence-electron chi connectivity index (χ0n) is 12.6. The summed E-state index contributed by atoms with van der Waals surface area (Å²) in [6, 6.07) is 0. The predicted octanol–water partition coefficient (Wildman–Crippen LogP) is -3.78. The van der Waals surface area contributed by atoms with Crippen molar-refractivity contribution in [1.29, 1.82) is 0 Å². The highest BCUT2D eigenvalue weighted by Gasteiger charge is 2.32. The molecule has 0 spiro atoms. The summed E-state index contributed by atoms with van der Waals surface area (Å²) in [7, 11) is 0. The molecule has 0 radical (unpaired) electrons. The monoisotopic (exact) mass is 364 g/mol. The molecule has 0 aromatic heterocycles. The van der Waals surface area contributed by atoms with Crippen LogP contribution in [-0.2, 0) is 19.1 Å². The third kappa shape index (κ3) is 8.47. The molecule has 0 aliphatic carbocycles. The molecule has 0 amide bonds. The number of rotatable bonds is 10. The van der Waals surface area contributed by atoms with E-state index >= 15 is 0 Å². The van der Waals surface area contributed by atoms with Crippen LogP contribution in [0.3, 0.4) is 0 Å². The van der Waals surface area contributed by atoms with E-state index in [9.17, 15) is 29.8 Å². The first kappa shape index (κ1) is 21.3. The number of aliphatic imine (C=N–C) groups is 2. The third-order valence-electron chi connectivity index (χ3n) is 2.14. The maximum atomic E-state index is 11.4. The second-order valence-electron chi connectivity index (χ2n) is 4.11. The van der Waals surface area contributed by atoms with Gasteiger partial charge in [-0.1, -0.05) is 0 Å². The molecule has 16 nitrogen and oxygen atoms in total. The summed E-state index contributed by atoms with van der Waals surface area (Å²) in [5.74, 6) is -4.04. The van der Waals surface area contributed by atoms with E-state index in [1.807, 2.05) is 0 Å². The maximum Gasteiger partial charge on any atom is 0.406 e. The molecule has 2 atom stereocenters. The van der Waals surface area contributed by atoms with Gasteiger partial charge in [0.1, 0.15) is 0 Å². The van der Waals surface area contributed by atoms with E-state index in [0.29, 0.717) is 0 Å². The molecule has 0 aromatic rings. The lowest BCUT2D eigenvalue weighted by Gasteiger charge is -2.08. The lowest BCUT2D eigenvalue weighted by atomic mass is 10.4. The van der Waals surface area contributed by atoms with Crippen LogP contribution in [0.15, 0.2) is 9.98 Å². The Labute approximate surface area is 139 Å². The predicted molar refractivity (Wildman–Crippen MR) is 79.7 cm³/mol. The largest absolute Gasteiger partial charge is 0.459 e. The summed E-state index contributed by atoms with van der Waals surface area (Å²) >= 11 is 0. The standard InChI is InChI=1S/C9H16N8O8/c10-8(11)14-4(16(20)21)6(18)24-2-1-3-25-7(19)5(17(22)23)15-9(12)13/h4-5H,1-3H2,(H4,10,11,14)(H4,12,13,15). The topological polar surface area (TPSA) is 268 Å². The van der Waals surface area contributed by atoms with Crippen molar-refractivity contribution in [1.82, 2.24) is 0 Å². The summed E-state index contributed by atoms with van der Waals surface area (Å²) in [6.45, 7) is -0.802. The van der Waals surface area contributed by atoms with Gasteiger partial charge in [0.2, 0.25) is 0 Å². The van der Waals surface area contributed by atoms with Crippen LogP contribution in [0.1, 0.15) is 6.42 Å². The van der Waals surface area contributed by atoms with E-state index in [4.69, 9.17) is 22.9 Å². The van der Waals surface area contributed by atoms with Gasteiger partial charge >= 0.3 is 24.3 Å². The van der Waals surface area contributed by atoms with Crippen LogP contribution in [0.25, 0.3) is 0 Å². The number of ether oxygens (including phenoxy) is 2. The highest BCUT2D eigenvalue weighted by Crippen LogP contribution is 2.00. The first-order valence-corrected chi connectivity index (χ1v) is 6.34. The maximum absolute atomic E-state index is 11.4. The number of hydrogen-bond donors (Lipinski definition) is 4. The number of guanidine groups is 2. The quantitative estimate of drug-likeness (QED) is 0.0725. The van der Waals surface area contributed by atoms with Gasteiger partial charge in [0.15, 0.2) is 11.9 Å². The second kappa shape index (κ2) is 10.1. The molecule has 0 rings (SSSR count). The van der Waals surface area contributed by atoms with Crippen LogP contribution in [0.4, 0.5) is 0 Å². The summed E-state index contributed by atoms with van der Waals surface area (Å²) < 4.78 is 9.06. The Hall–Kier alpha value is -3.72. The number of nitrogens with zero attached hydrogens (tertiary/aromatic N) is 4. The molecule has 0 saturated carbocycles. The van der Waals surface area contributed by atoms with Crippen molar-refractivity contribution in [2.75, 3.05) is 13.2 Å². The molecule has 8 N–H and O–H groups in total. The van der Waals surface area contributed by atoms with Gasteiger partial charge in [-0.15, -0.1) is 0 Å². The van der Waals surface area contributed by atoms with Gasteiger partial charge in [0.05, 0.1) is 23.1 Å². The average Bonchev–Trinajstić information content (AvgIpc) is 2.48. The van der Waals surface area contributed by atoms with Crippen molar-refractivity contribution in [2.45, 2.75) is 18.8 Å². The minimum absolute atomic E-state index is 0.115. The fourth-order valence-corrected chi connectivity index (χ4v) is 1.21. The average molecular weight is 364 g/mol. The molecule has 25 heavy (non-hydrogen) atoms. The molecule has 0 fully saturated rings. The molecule has 0 aliphatic heterocycles. The third-order valence-corrected chi connectivity index (χ3v) is 2.14. The molecule has 0 aliphatic rings. The van der Waals surface area contributed by atoms with Crippen molar-refractivity contribution in [3.63, 3.8) is 0 Å². The summed E-state index contributed by atoms with van der Waals surface area (Å²) in [5, 5.41) is 21.2. The van der Waals surface area contributed by atoms with Crippen molar-refractivity contribution < 1.29 is 28.9 Å². The highest BCUT2D eigenvalue weighted by atomic mass is 16.6. The first-order chi connectivity index (χ1) is 11.6. The zero-order valence-corrected chi connectivity index (χ0v) is 12.6. The summed E-state index contributed by atoms with van der Waals surface area (Å²) in [5.41, 5.74) is 19.8. The Morgan fingerprint density at radius 3 is 1.40 bits per heavy atom. The Morgan fingerprint density at radius 1 is 0.840 bits per heavy atom. The Bertz CT molecular complexity index is 532. The lowest BCUT2D eigenvalue weighted by molar-refractivity contribution is -0.508. The van der Waals surface area contributed by atoms with Crippen LogP contribution >= 0.6 is 0 Å². The Morgan fingerprint density at radius 2 is 1.16 bits per heavy atom. The van der Waals surface area contributed by atoms with Crippen molar-refractivity contribution in [3.8, 4) is 0 Å². The van der Waals surface area contributed by atoms with Crippen LogP contribution in [0, 0.1) is 20.2 Å². The fourth-order valence-electron chi connectivity index (χ4n) is 1.21. The summed E-state index contributed by atoms with van der Waals surface area (Å²) in [4.78, 5) is 48.0. The minimum atomic E-state index is -2.13. The van der Waals surface area contributed by atoms with Crippen molar-refractivity contribution >= 4 is 23.9 Å². The normalized spacial score (nSPS) is 12.2. The number of hydrogen-bond acceptors (Lipinski definition) is 10. The molecule has 140 valence electrons. The van der Waals surface area contributed by atoms with Gasteiger partial charge in [0.25, 0.3) is 0 Å². The second-order valence-corrected chi connectivity index (χ2v) is 4.11. The number of nitrogens with two attached hydrogens (primary N) is 4. The van der Waals surface area contributed by atoms with E-state index in [1.165, 1.54) is 0 Å². The molecule has 0 aromatic carbocycles. The van der Waals surface area contributed by atoms with Gasteiger partial charge in [0, 0.05) is 6.42 Å². The SMILES string of the molecule is NC(N)=NC(C(=O)OCCCOC(=O)C(N=C(N)N)[N+](=O)[O-])[N+](=O)[O-].